The lowest BCUT2D eigenvalue weighted by atomic mass is 10.00. The van der Waals surface area contributed by atoms with Gasteiger partial charge in [0.25, 0.3) is 0 Å². The van der Waals surface area contributed by atoms with Gasteiger partial charge in [0.1, 0.15) is 5.82 Å². The van der Waals surface area contributed by atoms with Crippen LogP contribution < -0.4 is 5.32 Å². The summed E-state index contributed by atoms with van der Waals surface area (Å²) < 4.78 is 0. The van der Waals surface area contributed by atoms with Gasteiger partial charge in [0.05, 0.1) is 5.60 Å². The van der Waals surface area contributed by atoms with Gasteiger partial charge in [-0.3, -0.25) is 0 Å². The second-order valence-corrected chi connectivity index (χ2v) is 3.24. The van der Waals surface area contributed by atoms with E-state index in [-0.39, 0.29) is 0 Å². The molecule has 80 valence electrons. The number of aromatic nitrogens is 1. The average molecular weight is 196 g/mol. The smallest absolute Gasteiger partial charge is 0.125 e. The number of hydrogen-bond donors (Lipinski definition) is 2. The first-order chi connectivity index (χ1) is 6.54. The van der Waals surface area contributed by atoms with Crippen LogP contribution in [0.15, 0.2) is 18.3 Å². The Kier molecular flexibility index (Phi) is 5.16. The Balaban J connectivity index is 0.000000791. The summed E-state index contributed by atoms with van der Waals surface area (Å²) in [6, 6.07) is 3.64. The highest BCUT2D eigenvalue weighted by molar-refractivity contribution is 5.38. The van der Waals surface area contributed by atoms with Gasteiger partial charge in [-0.1, -0.05) is 13.8 Å². The molecule has 0 aliphatic heterocycles. The fourth-order valence-electron chi connectivity index (χ4n) is 0.948. The summed E-state index contributed by atoms with van der Waals surface area (Å²) in [5, 5.41) is 12.6. The molecule has 0 aromatic carbocycles. The van der Waals surface area contributed by atoms with Crippen molar-refractivity contribution in [3.8, 4) is 0 Å². The molecule has 3 heteroatoms. The van der Waals surface area contributed by atoms with Gasteiger partial charge in [0.2, 0.25) is 0 Å². The molecule has 0 saturated carbocycles. The second-order valence-electron chi connectivity index (χ2n) is 3.24. The first kappa shape index (κ1) is 12.9. The number of pyridine rings is 1. The summed E-state index contributed by atoms with van der Waals surface area (Å²) in [4.78, 5) is 4.05. The minimum Gasteiger partial charge on any atom is -0.386 e. The number of nitrogens with one attached hydrogen (secondary N) is 1. The van der Waals surface area contributed by atoms with E-state index in [1.165, 1.54) is 0 Å². The highest BCUT2D eigenvalue weighted by Gasteiger charge is 2.15. The predicted octanol–water partition coefficient (Wildman–Crippen LogP) is 2.38. The normalized spacial score (nSPS) is 10.1. The lowest BCUT2D eigenvalue weighted by Crippen LogP contribution is -2.15. The topological polar surface area (TPSA) is 45.1 Å². The summed E-state index contributed by atoms with van der Waals surface area (Å²) in [5.41, 5.74) is 0.0657. The van der Waals surface area contributed by atoms with Gasteiger partial charge in [-0.2, -0.15) is 0 Å². The molecule has 0 fully saturated rings. The minimum absolute atomic E-state index is 0.773. The molecule has 2 N–H and O–H groups in total. The van der Waals surface area contributed by atoms with Gasteiger partial charge in [-0.15, -0.1) is 0 Å². The number of hydrogen-bond acceptors (Lipinski definition) is 3. The third-order valence-electron chi connectivity index (χ3n) is 1.72. The highest BCUT2D eigenvalue weighted by Crippen LogP contribution is 2.20. The molecular weight excluding hydrogens is 176 g/mol. The van der Waals surface area contributed by atoms with Gasteiger partial charge >= 0.3 is 0 Å². The van der Waals surface area contributed by atoms with Crippen LogP contribution >= 0.6 is 0 Å². The van der Waals surface area contributed by atoms with E-state index in [1.54, 1.807) is 33.2 Å². The average Bonchev–Trinajstić information content (AvgIpc) is 2.20. The monoisotopic (exact) mass is 196 g/mol. The number of anilines is 1. The van der Waals surface area contributed by atoms with Crippen molar-refractivity contribution in [3.63, 3.8) is 0 Å². The lowest BCUT2D eigenvalue weighted by molar-refractivity contribution is 0.0786. The molecule has 3 nitrogen and oxygen atoms in total. The van der Waals surface area contributed by atoms with Crippen molar-refractivity contribution >= 4 is 5.82 Å². The van der Waals surface area contributed by atoms with Crippen molar-refractivity contribution in [1.82, 2.24) is 4.98 Å². The van der Waals surface area contributed by atoms with Gasteiger partial charge < -0.3 is 10.4 Å². The zero-order chi connectivity index (χ0) is 11.2. The molecule has 0 amide bonds. The molecule has 0 aliphatic rings. The van der Waals surface area contributed by atoms with Gasteiger partial charge in [0.15, 0.2) is 0 Å². The first-order valence-electron chi connectivity index (χ1n) is 4.90. The maximum atomic E-state index is 9.65. The highest BCUT2D eigenvalue weighted by atomic mass is 16.3. The van der Waals surface area contributed by atoms with E-state index in [4.69, 9.17) is 0 Å². The van der Waals surface area contributed by atoms with Crippen LogP contribution in [0, 0.1) is 0 Å². The molecule has 1 heterocycles. The van der Waals surface area contributed by atoms with Crippen molar-refractivity contribution in [2.75, 3.05) is 12.4 Å². The molecule has 0 radical (unpaired) electrons. The van der Waals surface area contributed by atoms with Gasteiger partial charge in [-0.05, 0) is 31.5 Å². The van der Waals surface area contributed by atoms with Crippen LogP contribution in [-0.4, -0.2) is 17.1 Å². The van der Waals surface area contributed by atoms with Crippen molar-refractivity contribution in [2.24, 2.45) is 0 Å². The van der Waals surface area contributed by atoms with E-state index in [0.717, 1.165) is 11.4 Å². The summed E-state index contributed by atoms with van der Waals surface area (Å²) in [6.45, 7) is 7.50. The zero-order valence-electron chi connectivity index (χ0n) is 9.63. The fourth-order valence-corrected chi connectivity index (χ4v) is 0.948. The number of aliphatic hydroxyl groups is 1. The molecule has 0 spiro atoms. The van der Waals surface area contributed by atoms with E-state index in [2.05, 4.69) is 10.3 Å². The van der Waals surface area contributed by atoms with Gasteiger partial charge in [0, 0.05) is 13.2 Å². The Labute approximate surface area is 86.2 Å². The number of nitrogens with zero attached hydrogens (tertiary/aromatic N) is 1. The molecule has 0 saturated heterocycles. The Hall–Kier alpha value is -1.09. The fraction of sp³-hybridized carbons (Fsp3) is 0.545. The van der Waals surface area contributed by atoms with Crippen LogP contribution in [0.2, 0.25) is 0 Å². The van der Waals surface area contributed by atoms with Crippen molar-refractivity contribution < 1.29 is 5.11 Å². The van der Waals surface area contributed by atoms with Crippen LogP contribution in [0.25, 0.3) is 0 Å². The molecule has 0 bridgehead atoms. The minimum atomic E-state index is -0.797. The van der Waals surface area contributed by atoms with Crippen LogP contribution in [0.3, 0.4) is 0 Å². The van der Waals surface area contributed by atoms with E-state index in [0.29, 0.717) is 0 Å². The van der Waals surface area contributed by atoms with Crippen molar-refractivity contribution in [2.45, 2.75) is 33.3 Å². The third kappa shape index (κ3) is 3.75. The van der Waals surface area contributed by atoms with Crippen molar-refractivity contribution in [3.05, 3.63) is 23.9 Å². The van der Waals surface area contributed by atoms with E-state index in [1.807, 2.05) is 19.9 Å². The Morgan fingerprint density at radius 1 is 1.36 bits per heavy atom. The van der Waals surface area contributed by atoms with E-state index < -0.39 is 5.60 Å². The first-order valence-corrected chi connectivity index (χ1v) is 4.90. The summed E-state index contributed by atoms with van der Waals surface area (Å²) in [7, 11) is 1.80. The molecule has 0 unspecified atom stereocenters. The molecular formula is C11H20N2O. The SMILES string of the molecule is CC.CNc1cc(C(C)(C)O)ccn1. The quantitative estimate of drug-likeness (QED) is 0.763. The van der Waals surface area contributed by atoms with Crippen LogP contribution in [-0.2, 0) is 5.60 Å². The largest absolute Gasteiger partial charge is 0.386 e. The molecule has 0 atom stereocenters. The summed E-state index contributed by atoms with van der Waals surface area (Å²) in [5.74, 6) is 0.773. The Bertz CT molecular complexity index is 266. The van der Waals surface area contributed by atoms with E-state index in [9.17, 15) is 5.11 Å². The standard InChI is InChI=1S/C9H14N2O.C2H6/c1-9(2,12)7-4-5-11-8(6-7)10-3;1-2/h4-6,12H,1-3H3,(H,10,11);1-2H3. The summed E-state index contributed by atoms with van der Waals surface area (Å²) in [6.07, 6.45) is 1.68. The maximum absolute atomic E-state index is 9.65. The predicted molar refractivity (Wildman–Crippen MR) is 60.4 cm³/mol. The lowest BCUT2D eigenvalue weighted by Gasteiger charge is -2.17. The summed E-state index contributed by atoms with van der Waals surface area (Å²) >= 11 is 0. The second kappa shape index (κ2) is 5.60. The molecule has 1 aromatic rings. The number of rotatable bonds is 2. The van der Waals surface area contributed by atoms with Crippen molar-refractivity contribution in [1.29, 1.82) is 0 Å². The molecule has 0 aliphatic carbocycles. The van der Waals surface area contributed by atoms with E-state index >= 15 is 0 Å². The van der Waals surface area contributed by atoms with Crippen LogP contribution in [0.5, 0.6) is 0 Å². The molecule has 14 heavy (non-hydrogen) atoms. The molecule has 1 rings (SSSR count). The van der Waals surface area contributed by atoms with Crippen LogP contribution in [0.4, 0.5) is 5.82 Å². The van der Waals surface area contributed by atoms with Gasteiger partial charge in [-0.25, -0.2) is 4.98 Å². The Morgan fingerprint density at radius 3 is 2.36 bits per heavy atom. The molecule has 1 aromatic heterocycles. The Morgan fingerprint density at radius 2 is 1.93 bits per heavy atom. The third-order valence-corrected chi connectivity index (χ3v) is 1.72. The van der Waals surface area contributed by atoms with Crippen LogP contribution in [0.1, 0.15) is 33.3 Å². The maximum Gasteiger partial charge on any atom is 0.125 e. The zero-order valence-corrected chi connectivity index (χ0v) is 9.63.